The van der Waals surface area contributed by atoms with Crippen molar-refractivity contribution in [3.8, 4) is 5.88 Å². The molecule has 0 amide bonds. The van der Waals surface area contributed by atoms with Crippen LogP contribution in [0.4, 0.5) is 0 Å². The summed E-state index contributed by atoms with van der Waals surface area (Å²) in [5, 5.41) is 14.4. The molecule has 0 saturated heterocycles. The molecular weight excluding hydrogens is 230 g/mol. The monoisotopic (exact) mass is 247 g/mol. The lowest BCUT2D eigenvalue weighted by molar-refractivity contribution is 0.213. The van der Waals surface area contributed by atoms with Gasteiger partial charge in [-0.15, -0.1) is 0 Å². The summed E-state index contributed by atoms with van der Waals surface area (Å²) in [7, 11) is 1.55. The highest BCUT2D eigenvalue weighted by Crippen LogP contribution is 2.21. The normalized spacial score (nSPS) is 12.4. The van der Waals surface area contributed by atoms with E-state index in [9.17, 15) is 5.11 Å². The van der Waals surface area contributed by atoms with Gasteiger partial charge in [0.15, 0.2) is 0 Å². The highest BCUT2D eigenvalue weighted by molar-refractivity contribution is 5.24. The average molecular weight is 247 g/mol. The number of hydrogen-bond donors (Lipinski definition) is 1. The molecule has 1 N–H and O–H groups in total. The molecule has 2 aromatic heterocycles. The number of aliphatic hydroxyl groups excluding tert-OH is 1. The first-order chi connectivity index (χ1) is 8.74. The minimum Gasteiger partial charge on any atom is -0.481 e. The van der Waals surface area contributed by atoms with Gasteiger partial charge in [-0.05, 0) is 12.5 Å². The number of nitrogens with zero attached hydrogens (tertiary/aromatic N) is 3. The van der Waals surface area contributed by atoms with E-state index < -0.39 is 6.10 Å². The Bertz CT molecular complexity index is 510. The van der Waals surface area contributed by atoms with Gasteiger partial charge in [0.2, 0.25) is 5.88 Å². The van der Waals surface area contributed by atoms with Gasteiger partial charge in [0.1, 0.15) is 6.10 Å². The zero-order valence-electron chi connectivity index (χ0n) is 10.6. The maximum Gasteiger partial charge on any atom is 0.213 e. The maximum atomic E-state index is 10.2. The summed E-state index contributed by atoms with van der Waals surface area (Å²) in [4.78, 5) is 4.21. The fraction of sp³-hybridized carbons (Fsp3) is 0.385. The minimum absolute atomic E-state index is 0.493. The summed E-state index contributed by atoms with van der Waals surface area (Å²) in [6.45, 7) is 2.93. The van der Waals surface area contributed by atoms with E-state index >= 15 is 0 Å². The molecule has 0 radical (unpaired) electrons. The van der Waals surface area contributed by atoms with Crippen molar-refractivity contribution in [2.75, 3.05) is 7.11 Å². The lowest BCUT2D eigenvalue weighted by Gasteiger charge is -2.08. The van der Waals surface area contributed by atoms with E-state index in [4.69, 9.17) is 4.74 Å². The van der Waals surface area contributed by atoms with Gasteiger partial charge in [0.05, 0.1) is 19.0 Å². The van der Waals surface area contributed by atoms with Gasteiger partial charge in [-0.1, -0.05) is 13.0 Å². The van der Waals surface area contributed by atoms with Crippen LogP contribution in [0.1, 0.15) is 30.7 Å². The fourth-order valence-electron chi connectivity index (χ4n) is 1.74. The molecule has 0 bridgehead atoms. The topological polar surface area (TPSA) is 60.2 Å². The smallest absolute Gasteiger partial charge is 0.213 e. The van der Waals surface area contributed by atoms with Crippen LogP contribution in [0.3, 0.4) is 0 Å². The van der Waals surface area contributed by atoms with Gasteiger partial charge in [-0.3, -0.25) is 4.68 Å². The van der Waals surface area contributed by atoms with Crippen molar-refractivity contribution in [2.24, 2.45) is 0 Å². The second kappa shape index (κ2) is 5.64. The Labute approximate surface area is 106 Å². The average Bonchev–Trinajstić information content (AvgIpc) is 2.87. The Balaban J connectivity index is 2.20. The summed E-state index contributed by atoms with van der Waals surface area (Å²) < 4.78 is 6.86. The van der Waals surface area contributed by atoms with E-state index in [0.29, 0.717) is 11.6 Å². The molecule has 0 fully saturated rings. The molecule has 2 rings (SSSR count). The number of rotatable bonds is 5. The standard InChI is InChI=1S/C13H17N3O2/c1-3-7-16-9-10(8-14-16)13(17)11-5-4-6-12(15-11)18-2/h4-6,8-9,13,17H,3,7H2,1-2H3. The minimum atomic E-state index is -0.772. The molecule has 2 heterocycles. The summed E-state index contributed by atoms with van der Waals surface area (Å²) in [5.41, 5.74) is 1.30. The van der Waals surface area contributed by atoms with Gasteiger partial charge in [-0.2, -0.15) is 5.10 Å². The van der Waals surface area contributed by atoms with E-state index in [2.05, 4.69) is 17.0 Å². The summed E-state index contributed by atoms with van der Waals surface area (Å²) in [5.74, 6) is 0.493. The number of hydrogen-bond acceptors (Lipinski definition) is 4. The van der Waals surface area contributed by atoms with Crippen LogP contribution in [0.15, 0.2) is 30.6 Å². The Morgan fingerprint density at radius 2 is 2.28 bits per heavy atom. The Morgan fingerprint density at radius 3 is 3.00 bits per heavy atom. The first-order valence-corrected chi connectivity index (χ1v) is 5.96. The van der Waals surface area contributed by atoms with Crippen LogP contribution in [-0.2, 0) is 6.54 Å². The molecule has 18 heavy (non-hydrogen) atoms. The van der Waals surface area contributed by atoms with Crippen LogP contribution >= 0.6 is 0 Å². The fourth-order valence-corrected chi connectivity index (χ4v) is 1.74. The zero-order chi connectivity index (χ0) is 13.0. The summed E-state index contributed by atoms with van der Waals surface area (Å²) in [6.07, 6.45) is 3.75. The molecule has 1 atom stereocenters. The van der Waals surface area contributed by atoms with E-state index in [1.54, 1.807) is 31.5 Å². The predicted octanol–water partition coefficient (Wildman–Crippen LogP) is 1.78. The van der Waals surface area contributed by atoms with E-state index in [1.165, 1.54) is 0 Å². The molecule has 0 aromatic carbocycles. The third kappa shape index (κ3) is 2.68. The zero-order valence-corrected chi connectivity index (χ0v) is 10.6. The van der Waals surface area contributed by atoms with Crippen molar-refractivity contribution in [2.45, 2.75) is 26.0 Å². The van der Waals surface area contributed by atoms with Crippen molar-refractivity contribution in [3.63, 3.8) is 0 Å². The predicted molar refractivity (Wildman–Crippen MR) is 67.4 cm³/mol. The molecule has 5 nitrogen and oxygen atoms in total. The van der Waals surface area contributed by atoms with Crippen LogP contribution in [0.5, 0.6) is 5.88 Å². The molecule has 0 aliphatic rings. The molecule has 1 unspecified atom stereocenters. The van der Waals surface area contributed by atoms with E-state index in [0.717, 1.165) is 18.5 Å². The largest absolute Gasteiger partial charge is 0.481 e. The molecule has 0 aliphatic carbocycles. The number of aliphatic hydroxyl groups is 1. The molecule has 96 valence electrons. The molecule has 5 heteroatoms. The van der Waals surface area contributed by atoms with Crippen LogP contribution in [0.2, 0.25) is 0 Å². The summed E-state index contributed by atoms with van der Waals surface area (Å²) >= 11 is 0. The quantitative estimate of drug-likeness (QED) is 0.875. The van der Waals surface area contributed by atoms with Crippen molar-refractivity contribution in [3.05, 3.63) is 41.9 Å². The number of ether oxygens (including phenoxy) is 1. The van der Waals surface area contributed by atoms with Crippen molar-refractivity contribution in [1.82, 2.24) is 14.8 Å². The maximum absolute atomic E-state index is 10.2. The number of aromatic nitrogens is 3. The van der Waals surface area contributed by atoms with Gasteiger partial charge < -0.3 is 9.84 Å². The summed E-state index contributed by atoms with van der Waals surface area (Å²) in [6, 6.07) is 5.32. The highest BCUT2D eigenvalue weighted by atomic mass is 16.5. The first-order valence-electron chi connectivity index (χ1n) is 5.96. The first kappa shape index (κ1) is 12.6. The molecule has 0 saturated carbocycles. The van der Waals surface area contributed by atoms with Crippen molar-refractivity contribution in [1.29, 1.82) is 0 Å². The Kier molecular flexibility index (Phi) is 3.94. The van der Waals surface area contributed by atoms with E-state index in [1.807, 2.05) is 10.9 Å². The van der Waals surface area contributed by atoms with Crippen LogP contribution < -0.4 is 4.74 Å². The second-order valence-electron chi connectivity index (χ2n) is 4.04. The molecular formula is C13H17N3O2. The van der Waals surface area contributed by atoms with Gasteiger partial charge >= 0.3 is 0 Å². The molecule has 2 aromatic rings. The van der Waals surface area contributed by atoms with Crippen LogP contribution in [0, 0.1) is 0 Å². The van der Waals surface area contributed by atoms with Gasteiger partial charge in [-0.25, -0.2) is 4.98 Å². The van der Waals surface area contributed by atoms with Crippen molar-refractivity contribution >= 4 is 0 Å². The lowest BCUT2D eigenvalue weighted by atomic mass is 10.1. The third-order valence-corrected chi connectivity index (χ3v) is 2.66. The second-order valence-corrected chi connectivity index (χ2v) is 4.04. The van der Waals surface area contributed by atoms with E-state index in [-0.39, 0.29) is 0 Å². The van der Waals surface area contributed by atoms with Crippen molar-refractivity contribution < 1.29 is 9.84 Å². The van der Waals surface area contributed by atoms with Gasteiger partial charge in [0, 0.05) is 24.4 Å². The highest BCUT2D eigenvalue weighted by Gasteiger charge is 2.14. The Hall–Kier alpha value is -1.88. The number of pyridine rings is 1. The molecule has 0 aliphatic heterocycles. The number of methoxy groups -OCH3 is 1. The third-order valence-electron chi connectivity index (χ3n) is 2.66. The SMILES string of the molecule is CCCn1cc(C(O)c2cccc(OC)n2)cn1. The van der Waals surface area contributed by atoms with Crippen LogP contribution in [0.25, 0.3) is 0 Å². The van der Waals surface area contributed by atoms with Crippen LogP contribution in [-0.4, -0.2) is 27.0 Å². The van der Waals surface area contributed by atoms with Gasteiger partial charge in [0.25, 0.3) is 0 Å². The Morgan fingerprint density at radius 1 is 1.44 bits per heavy atom. The molecule has 0 spiro atoms. The number of aryl methyl sites for hydroxylation is 1. The lowest BCUT2D eigenvalue weighted by Crippen LogP contribution is -2.02.